The Morgan fingerprint density at radius 2 is 1.86 bits per heavy atom. The molecule has 0 heterocycles. The average Bonchev–Trinajstić information content (AvgIpc) is 2.45. The molecule has 1 unspecified atom stereocenters. The molecule has 1 aromatic rings. The van der Waals surface area contributed by atoms with E-state index >= 15 is 0 Å². The molecule has 0 aliphatic heterocycles. The van der Waals surface area contributed by atoms with Gasteiger partial charge in [-0.05, 0) is 57.1 Å². The predicted octanol–water partition coefficient (Wildman–Crippen LogP) is 6.37. The van der Waals surface area contributed by atoms with Gasteiger partial charge in [0.2, 0.25) is 0 Å². The van der Waals surface area contributed by atoms with Crippen LogP contribution >= 0.6 is 0 Å². The van der Waals surface area contributed by atoms with E-state index in [2.05, 4.69) is 65.8 Å². The van der Waals surface area contributed by atoms with Crippen molar-refractivity contribution in [2.75, 3.05) is 0 Å². The Bertz CT molecular complexity index is 441. The monoisotopic (exact) mass is 288 g/mol. The Hall–Kier alpha value is -1.24. The molecule has 21 heavy (non-hydrogen) atoms. The van der Waals surface area contributed by atoms with Crippen LogP contribution in [0.1, 0.15) is 71.4 Å². The minimum Gasteiger partial charge on any atom is -0.495 e. The Balaban J connectivity index is 2.63. The summed E-state index contributed by atoms with van der Waals surface area (Å²) < 4.78 is 6.14. The molecule has 118 valence electrons. The van der Waals surface area contributed by atoms with E-state index in [1.54, 1.807) is 0 Å². The number of ether oxygens (including phenoxy) is 1. The lowest BCUT2D eigenvalue weighted by molar-refractivity contribution is 0.0254. The third-order valence-electron chi connectivity index (χ3n) is 4.26. The largest absolute Gasteiger partial charge is 0.495 e. The maximum absolute atomic E-state index is 6.14. The van der Waals surface area contributed by atoms with E-state index < -0.39 is 0 Å². The predicted molar refractivity (Wildman–Crippen MR) is 93.3 cm³/mol. The first kappa shape index (κ1) is 17.8. The van der Waals surface area contributed by atoms with E-state index in [0.717, 1.165) is 18.8 Å². The van der Waals surface area contributed by atoms with Crippen molar-refractivity contribution < 1.29 is 4.74 Å². The zero-order valence-corrected chi connectivity index (χ0v) is 14.7. The van der Waals surface area contributed by atoms with Crippen molar-refractivity contribution in [2.24, 2.45) is 5.92 Å². The average molecular weight is 288 g/mol. The van der Waals surface area contributed by atoms with Crippen LogP contribution in [0.15, 0.2) is 30.5 Å². The van der Waals surface area contributed by atoms with Crippen molar-refractivity contribution in [1.29, 1.82) is 0 Å². The molecule has 1 nitrogen and oxygen atoms in total. The molecule has 1 heteroatoms. The lowest BCUT2D eigenvalue weighted by Crippen LogP contribution is -2.25. The highest BCUT2D eigenvalue weighted by atomic mass is 16.5. The van der Waals surface area contributed by atoms with Gasteiger partial charge in [0, 0.05) is 0 Å². The van der Waals surface area contributed by atoms with Gasteiger partial charge in [0.25, 0.3) is 0 Å². The van der Waals surface area contributed by atoms with E-state index in [0.29, 0.717) is 0 Å². The summed E-state index contributed by atoms with van der Waals surface area (Å²) in [4.78, 5) is 0. The summed E-state index contributed by atoms with van der Waals surface area (Å²) in [6.07, 6.45) is 6.63. The third-order valence-corrected chi connectivity index (χ3v) is 4.26. The second kappa shape index (κ2) is 8.26. The van der Waals surface area contributed by atoms with Gasteiger partial charge in [0.15, 0.2) is 0 Å². The van der Waals surface area contributed by atoms with Gasteiger partial charge in [-0.25, -0.2) is 0 Å². The first-order valence-corrected chi connectivity index (χ1v) is 8.28. The van der Waals surface area contributed by atoms with Crippen LogP contribution in [-0.2, 0) is 4.74 Å². The van der Waals surface area contributed by atoms with E-state index in [1.807, 2.05) is 6.26 Å². The lowest BCUT2D eigenvalue weighted by Gasteiger charge is -2.28. The fourth-order valence-corrected chi connectivity index (χ4v) is 2.32. The van der Waals surface area contributed by atoms with Gasteiger partial charge >= 0.3 is 0 Å². The smallest absolute Gasteiger partial charge is 0.105 e. The maximum Gasteiger partial charge on any atom is 0.105 e. The van der Waals surface area contributed by atoms with Crippen LogP contribution < -0.4 is 0 Å². The molecule has 0 aliphatic rings. The summed E-state index contributed by atoms with van der Waals surface area (Å²) in [5, 5.41) is 0. The minimum atomic E-state index is -0.0408. The Labute approximate surface area is 131 Å². The van der Waals surface area contributed by atoms with Crippen LogP contribution in [0.3, 0.4) is 0 Å². The van der Waals surface area contributed by atoms with Crippen molar-refractivity contribution >= 4 is 5.57 Å². The maximum atomic E-state index is 6.14. The standard InChI is InChI=1S/C20H32O/c1-7-20(6,14-8-9-16(2)3)21-15-18(5)19-12-10-17(4)11-13-19/h10-13,15-16H,7-9,14H2,1-6H3/b18-15+. The molecule has 0 saturated carbocycles. The van der Waals surface area contributed by atoms with Gasteiger partial charge in [0.05, 0.1) is 6.26 Å². The highest BCUT2D eigenvalue weighted by Crippen LogP contribution is 2.26. The van der Waals surface area contributed by atoms with Gasteiger partial charge in [-0.1, -0.05) is 57.0 Å². The van der Waals surface area contributed by atoms with Crippen molar-refractivity contribution in [3.63, 3.8) is 0 Å². The molecule has 0 spiro atoms. The molecule has 0 aliphatic carbocycles. The molecule has 1 rings (SSSR count). The van der Waals surface area contributed by atoms with Gasteiger partial charge < -0.3 is 4.74 Å². The van der Waals surface area contributed by atoms with Crippen molar-refractivity contribution in [1.82, 2.24) is 0 Å². The van der Waals surface area contributed by atoms with Gasteiger partial charge in [0.1, 0.15) is 5.60 Å². The molecule has 0 saturated heterocycles. The van der Waals surface area contributed by atoms with E-state index in [4.69, 9.17) is 4.74 Å². The SMILES string of the molecule is CCC(C)(CCCC(C)C)O/C=C(\C)c1ccc(C)cc1. The van der Waals surface area contributed by atoms with Crippen LogP contribution in [0.25, 0.3) is 5.57 Å². The summed E-state index contributed by atoms with van der Waals surface area (Å²) >= 11 is 0. The van der Waals surface area contributed by atoms with Gasteiger partial charge in [-0.15, -0.1) is 0 Å². The quantitative estimate of drug-likeness (QED) is 0.505. The first-order chi connectivity index (χ1) is 9.86. The van der Waals surface area contributed by atoms with Crippen LogP contribution in [0.5, 0.6) is 0 Å². The fraction of sp³-hybridized carbons (Fsp3) is 0.600. The first-order valence-electron chi connectivity index (χ1n) is 8.28. The van der Waals surface area contributed by atoms with Crippen LogP contribution in [-0.4, -0.2) is 5.60 Å². The van der Waals surface area contributed by atoms with Gasteiger partial charge in [-0.2, -0.15) is 0 Å². The normalized spacial score (nSPS) is 15.1. The fourth-order valence-electron chi connectivity index (χ4n) is 2.32. The summed E-state index contributed by atoms with van der Waals surface area (Å²) in [5.41, 5.74) is 3.68. The molecule has 1 atom stereocenters. The van der Waals surface area contributed by atoms with Crippen molar-refractivity contribution in [3.05, 3.63) is 41.7 Å². The highest BCUT2D eigenvalue weighted by Gasteiger charge is 2.22. The topological polar surface area (TPSA) is 9.23 Å². The number of hydrogen-bond acceptors (Lipinski definition) is 1. The third kappa shape index (κ3) is 6.37. The van der Waals surface area contributed by atoms with E-state index in [-0.39, 0.29) is 5.60 Å². The molecule has 0 aromatic heterocycles. The second-order valence-electron chi connectivity index (χ2n) is 6.87. The van der Waals surface area contributed by atoms with Crippen molar-refractivity contribution in [3.8, 4) is 0 Å². The Morgan fingerprint density at radius 3 is 2.38 bits per heavy atom. The molecular weight excluding hydrogens is 256 g/mol. The van der Waals surface area contributed by atoms with E-state index in [1.165, 1.54) is 29.5 Å². The molecular formula is C20H32O. The number of hydrogen-bond donors (Lipinski definition) is 0. The van der Waals surface area contributed by atoms with Gasteiger partial charge in [-0.3, -0.25) is 0 Å². The van der Waals surface area contributed by atoms with E-state index in [9.17, 15) is 0 Å². The second-order valence-corrected chi connectivity index (χ2v) is 6.87. The molecule has 0 amide bonds. The Morgan fingerprint density at radius 1 is 1.24 bits per heavy atom. The summed E-state index contributed by atoms with van der Waals surface area (Å²) in [5.74, 6) is 0.774. The molecule has 0 radical (unpaired) electrons. The molecule has 0 fully saturated rings. The molecule has 1 aromatic carbocycles. The number of benzene rings is 1. The summed E-state index contributed by atoms with van der Waals surface area (Å²) in [6, 6.07) is 8.61. The molecule has 0 bridgehead atoms. The number of aryl methyl sites for hydroxylation is 1. The Kier molecular flexibility index (Phi) is 7.01. The van der Waals surface area contributed by atoms with Crippen LogP contribution in [0.2, 0.25) is 0 Å². The number of allylic oxidation sites excluding steroid dienone is 1. The zero-order chi connectivity index (χ0) is 15.9. The molecule has 0 N–H and O–H groups in total. The lowest BCUT2D eigenvalue weighted by atomic mass is 9.93. The summed E-state index contributed by atoms with van der Waals surface area (Å²) in [6.45, 7) is 13.2. The van der Waals surface area contributed by atoms with Crippen molar-refractivity contribution in [2.45, 2.75) is 72.8 Å². The number of rotatable bonds is 8. The van der Waals surface area contributed by atoms with Crippen LogP contribution in [0, 0.1) is 12.8 Å². The highest BCUT2D eigenvalue weighted by molar-refractivity contribution is 5.62. The zero-order valence-electron chi connectivity index (χ0n) is 14.7. The summed E-state index contributed by atoms with van der Waals surface area (Å²) in [7, 11) is 0. The van der Waals surface area contributed by atoms with Crippen LogP contribution in [0.4, 0.5) is 0 Å². The minimum absolute atomic E-state index is 0.0408.